The highest BCUT2D eigenvalue weighted by Crippen LogP contribution is 2.30. The van der Waals surface area contributed by atoms with Crippen molar-refractivity contribution in [2.45, 2.75) is 25.9 Å². The van der Waals surface area contributed by atoms with Crippen molar-refractivity contribution in [2.75, 3.05) is 21.3 Å². The highest BCUT2D eigenvalue weighted by atomic mass is 16.5. The number of methoxy groups -OCH3 is 3. The Bertz CT molecular complexity index is 1710. The third-order valence-electron chi connectivity index (χ3n) is 7.05. The number of rotatable bonds is 9. The maximum absolute atomic E-state index is 13.9. The molecule has 0 bridgehead atoms. The number of pyridine rings is 1. The van der Waals surface area contributed by atoms with Crippen LogP contribution in [0.3, 0.4) is 0 Å². The first-order valence-electron chi connectivity index (χ1n) is 13.0. The number of fused-ring (bicyclic) bond motifs is 2. The molecule has 0 spiro atoms. The van der Waals surface area contributed by atoms with Crippen LogP contribution in [0.15, 0.2) is 79.0 Å². The summed E-state index contributed by atoms with van der Waals surface area (Å²) >= 11 is 0. The Morgan fingerprint density at radius 1 is 0.900 bits per heavy atom. The van der Waals surface area contributed by atoms with Gasteiger partial charge in [-0.1, -0.05) is 30.3 Å². The second-order valence-corrected chi connectivity index (χ2v) is 9.38. The van der Waals surface area contributed by atoms with Crippen LogP contribution in [0.25, 0.3) is 33.1 Å². The Balaban J connectivity index is 1.56. The molecule has 5 rings (SSSR count). The minimum absolute atomic E-state index is 0.279. The summed E-state index contributed by atoms with van der Waals surface area (Å²) in [5, 5.41) is 4.58. The molecule has 0 unspecified atom stereocenters. The van der Waals surface area contributed by atoms with Crippen molar-refractivity contribution in [3.05, 3.63) is 90.1 Å². The molecule has 1 atom stereocenters. The molecule has 0 saturated heterocycles. The lowest BCUT2D eigenvalue weighted by Crippen LogP contribution is -2.43. The van der Waals surface area contributed by atoms with Gasteiger partial charge in [-0.2, -0.15) is 0 Å². The first-order valence-corrected chi connectivity index (χ1v) is 13.0. The van der Waals surface area contributed by atoms with E-state index in [1.807, 2.05) is 60.8 Å². The number of aryl methyl sites for hydroxylation is 1. The summed E-state index contributed by atoms with van der Waals surface area (Å²) in [6.07, 6.45) is 2.31. The zero-order valence-corrected chi connectivity index (χ0v) is 22.9. The number of hydrogen-bond acceptors (Lipinski definition) is 6. The molecule has 0 aliphatic heterocycles. The third kappa shape index (κ3) is 5.20. The lowest BCUT2D eigenvalue weighted by atomic mass is 10.0. The first-order chi connectivity index (χ1) is 19.4. The average molecular weight is 538 g/mol. The fourth-order valence-corrected chi connectivity index (χ4v) is 4.99. The van der Waals surface area contributed by atoms with E-state index in [1.54, 1.807) is 32.4 Å². The number of hydrogen-bond donors (Lipinski definition) is 1. The molecule has 0 aliphatic carbocycles. The van der Waals surface area contributed by atoms with Gasteiger partial charge in [0.05, 0.1) is 38.1 Å². The molecule has 204 valence electrons. The molecular formula is C32H31N3O5. The normalized spacial score (nSPS) is 11.8. The molecule has 40 heavy (non-hydrogen) atoms. The quantitative estimate of drug-likeness (QED) is 0.253. The summed E-state index contributed by atoms with van der Waals surface area (Å²) in [6.45, 7) is 2.85. The second kappa shape index (κ2) is 11.5. The molecule has 5 aromatic rings. The summed E-state index contributed by atoms with van der Waals surface area (Å²) in [4.78, 5) is 31.6. The predicted molar refractivity (Wildman–Crippen MR) is 155 cm³/mol. The van der Waals surface area contributed by atoms with E-state index in [0.717, 1.165) is 28.6 Å². The molecular weight excluding hydrogens is 506 g/mol. The van der Waals surface area contributed by atoms with Gasteiger partial charge in [-0.05, 0) is 55.0 Å². The Hall–Kier alpha value is -4.85. The van der Waals surface area contributed by atoms with Crippen molar-refractivity contribution in [1.82, 2.24) is 14.9 Å². The van der Waals surface area contributed by atoms with Crippen LogP contribution in [0.1, 0.15) is 22.8 Å². The van der Waals surface area contributed by atoms with E-state index in [1.165, 1.54) is 7.11 Å². The number of nitrogens with one attached hydrogen (secondary N) is 1. The molecule has 0 saturated carbocycles. The Labute approximate surface area is 232 Å². The molecule has 8 heteroatoms. The lowest BCUT2D eigenvalue weighted by Gasteiger charge is -2.18. The van der Waals surface area contributed by atoms with Gasteiger partial charge in [0.15, 0.2) is 0 Å². The summed E-state index contributed by atoms with van der Waals surface area (Å²) in [6, 6.07) is 21.7. The number of amides is 1. The number of para-hydroxylation sites is 1. The largest absolute Gasteiger partial charge is 0.497 e. The molecule has 2 aromatic heterocycles. The minimum Gasteiger partial charge on any atom is -0.497 e. The van der Waals surface area contributed by atoms with Gasteiger partial charge in [0, 0.05) is 41.0 Å². The molecule has 0 radical (unpaired) electrons. The van der Waals surface area contributed by atoms with Crippen molar-refractivity contribution < 1.29 is 23.8 Å². The van der Waals surface area contributed by atoms with Crippen molar-refractivity contribution in [1.29, 1.82) is 0 Å². The molecule has 1 N–H and O–H groups in total. The molecule has 0 fully saturated rings. The molecule has 1 amide bonds. The third-order valence-corrected chi connectivity index (χ3v) is 7.05. The van der Waals surface area contributed by atoms with Gasteiger partial charge in [-0.3, -0.25) is 4.79 Å². The van der Waals surface area contributed by atoms with Gasteiger partial charge in [0.1, 0.15) is 17.5 Å². The topological polar surface area (TPSA) is 91.7 Å². The summed E-state index contributed by atoms with van der Waals surface area (Å²) in [5.41, 5.74) is 4.40. The van der Waals surface area contributed by atoms with E-state index >= 15 is 0 Å². The fourth-order valence-electron chi connectivity index (χ4n) is 4.99. The van der Waals surface area contributed by atoms with Crippen LogP contribution < -0.4 is 14.8 Å². The first kappa shape index (κ1) is 26.7. The summed E-state index contributed by atoms with van der Waals surface area (Å²) in [5.74, 6) is 0.330. The van der Waals surface area contributed by atoms with E-state index in [2.05, 4.69) is 16.8 Å². The molecule has 3 aromatic carbocycles. The fraction of sp³-hybridized carbons (Fsp3) is 0.219. The minimum atomic E-state index is -0.900. The van der Waals surface area contributed by atoms with Crippen LogP contribution >= 0.6 is 0 Å². The maximum Gasteiger partial charge on any atom is 0.328 e. The van der Waals surface area contributed by atoms with Gasteiger partial charge in [0.25, 0.3) is 5.91 Å². The van der Waals surface area contributed by atoms with E-state index < -0.39 is 17.9 Å². The smallest absolute Gasteiger partial charge is 0.328 e. The lowest BCUT2D eigenvalue weighted by molar-refractivity contribution is -0.142. The Morgan fingerprint density at radius 3 is 2.42 bits per heavy atom. The Morgan fingerprint density at radius 2 is 1.68 bits per heavy atom. The van der Waals surface area contributed by atoms with Crippen LogP contribution in [-0.2, 0) is 22.5 Å². The average Bonchev–Trinajstić information content (AvgIpc) is 3.36. The molecule has 2 heterocycles. The van der Waals surface area contributed by atoms with Gasteiger partial charge in [-0.25, -0.2) is 9.78 Å². The van der Waals surface area contributed by atoms with Crippen molar-refractivity contribution >= 4 is 33.7 Å². The molecule has 0 aliphatic rings. The van der Waals surface area contributed by atoms with Crippen LogP contribution in [-0.4, -0.2) is 48.8 Å². The number of aromatic nitrogens is 2. The standard InChI is InChI=1S/C32H31N3O5/c1-5-35-19-21(24-11-6-7-12-30(24)35)16-29(32(37)40-4)34-31(36)26-18-28(20-9-8-10-22(15-20)38-2)33-27-14-13-23(39-3)17-25(26)27/h6-15,17-19,29H,5,16H2,1-4H3,(H,34,36)/t29-/m1/s1. The number of carbonyl (C=O) groups is 2. The molecule has 8 nitrogen and oxygen atoms in total. The van der Waals surface area contributed by atoms with E-state index in [9.17, 15) is 9.59 Å². The highest BCUT2D eigenvalue weighted by molar-refractivity contribution is 6.08. The van der Waals surface area contributed by atoms with Crippen LogP contribution in [0.5, 0.6) is 11.5 Å². The summed E-state index contributed by atoms with van der Waals surface area (Å²) in [7, 11) is 4.49. The number of ether oxygens (including phenoxy) is 3. The second-order valence-electron chi connectivity index (χ2n) is 9.38. The number of benzene rings is 3. The SMILES string of the molecule is CCn1cc(C[C@@H](NC(=O)c2cc(-c3cccc(OC)c3)nc3ccc(OC)cc23)C(=O)OC)c2ccccc21. The maximum atomic E-state index is 13.9. The van der Waals surface area contributed by atoms with E-state index in [4.69, 9.17) is 19.2 Å². The van der Waals surface area contributed by atoms with Crippen molar-refractivity contribution in [3.8, 4) is 22.8 Å². The number of esters is 1. The van der Waals surface area contributed by atoms with Gasteiger partial charge in [-0.15, -0.1) is 0 Å². The summed E-state index contributed by atoms with van der Waals surface area (Å²) < 4.78 is 18.0. The van der Waals surface area contributed by atoms with Gasteiger partial charge < -0.3 is 24.1 Å². The van der Waals surface area contributed by atoms with Crippen LogP contribution in [0, 0.1) is 0 Å². The van der Waals surface area contributed by atoms with Crippen LogP contribution in [0.2, 0.25) is 0 Å². The van der Waals surface area contributed by atoms with E-state index in [-0.39, 0.29) is 6.42 Å². The van der Waals surface area contributed by atoms with Crippen LogP contribution in [0.4, 0.5) is 0 Å². The van der Waals surface area contributed by atoms with Gasteiger partial charge in [0.2, 0.25) is 0 Å². The number of carbonyl (C=O) groups excluding carboxylic acids is 2. The van der Waals surface area contributed by atoms with E-state index in [0.29, 0.717) is 33.7 Å². The van der Waals surface area contributed by atoms with Crippen molar-refractivity contribution in [3.63, 3.8) is 0 Å². The zero-order chi connectivity index (χ0) is 28.2. The Kier molecular flexibility index (Phi) is 7.68. The highest BCUT2D eigenvalue weighted by Gasteiger charge is 2.26. The zero-order valence-electron chi connectivity index (χ0n) is 22.9. The monoisotopic (exact) mass is 537 g/mol. The number of nitrogens with zero attached hydrogens (tertiary/aromatic N) is 2. The van der Waals surface area contributed by atoms with Gasteiger partial charge >= 0.3 is 5.97 Å². The van der Waals surface area contributed by atoms with Crippen molar-refractivity contribution in [2.24, 2.45) is 0 Å². The predicted octanol–water partition coefficient (Wildman–Crippen LogP) is 5.41.